The van der Waals surface area contributed by atoms with Gasteiger partial charge in [-0.25, -0.2) is 0 Å². The quantitative estimate of drug-likeness (QED) is 0.612. The third-order valence-electron chi connectivity index (χ3n) is 4.38. The molecule has 0 bridgehead atoms. The molecule has 0 saturated carbocycles. The fourth-order valence-corrected chi connectivity index (χ4v) is 3.19. The van der Waals surface area contributed by atoms with Gasteiger partial charge >= 0.3 is 0 Å². The lowest BCUT2D eigenvalue weighted by Gasteiger charge is -2.18. The van der Waals surface area contributed by atoms with Gasteiger partial charge in [0.15, 0.2) is 11.3 Å². The molecule has 0 aliphatic carbocycles. The van der Waals surface area contributed by atoms with Crippen LogP contribution in [0.3, 0.4) is 0 Å². The first-order chi connectivity index (χ1) is 12.5. The molecule has 0 spiro atoms. The lowest BCUT2D eigenvalue weighted by atomic mass is 10.0. The number of hydrogen-bond acceptors (Lipinski definition) is 4. The molecule has 0 amide bonds. The van der Waals surface area contributed by atoms with Crippen LogP contribution in [0.2, 0.25) is 0 Å². The fraction of sp³-hybridized carbons (Fsp3) is 0.182. The van der Waals surface area contributed by atoms with E-state index in [-0.39, 0.29) is 0 Å². The molecule has 132 valence electrons. The molecule has 2 aromatic carbocycles. The molecule has 4 heteroatoms. The van der Waals surface area contributed by atoms with Crippen molar-refractivity contribution in [1.29, 1.82) is 0 Å². The molecule has 0 N–H and O–H groups in total. The van der Waals surface area contributed by atoms with E-state index in [9.17, 15) is 0 Å². The highest BCUT2D eigenvalue weighted by Gasteiger charge is 2.15. The average molecular weight is 348 g/mol. The maximum Gasteiger partial charge on any atom is 0.176 e. The minimum Gasteiger partial charge on any atom is -0.493 e. The summed E-state index contributed by atoms with van der Waals surface area (Å²) in [4.78, 5) is 0. The second kappa shape index (κ2) is 6.30. The van der Waals surface area contributed by atoms with E-state index in [0.717, 1.165) is 50.7 Å². The first-order valence-corrected chi connectivity index (χ1v) is 8.43. The highest BCUT2D eigenvalue weighted by atomic mass is 16.5. The predicted octanol–water partition coefficient (Wildman–Crippen LogP) is 5.64. The number of ether oxygens (including phenoxy) is 3. The van der Waals surface area contributed by atoms with E-state index in [1.165, 1.54) is 0 Å². The standard InChI is InChI=1S/C22H20O4/c1-13-7-16-10-18(26-22(16)21(8-13)23-4)12-24-17-5-6-19-14(2)9-15(3)25-20(19)11-17/h5-11H,3,12H2,1-2,4H3. The average Bonchev–Trinajstić information content (AvgIpc) is 3.01. The fourth-order valence-electron chi connectivity index (χ4n) is 3.19. The van der Waals surface area contributed by atoms with E-state index in [2.05, 4.69) is 12.6 Å². The minimum absolute atomic E-state index is 0.325. The van der Waals surface area contributed by atoms with Crippen molar-refractivity contribution in [3.63, 3.8) is 0 Å². The summed E-state index contributed by atoms with van der Waals surface area (Å²) in [6, 6.07) is 11.8. The normalized spacial score (nSPS) is 13.2. The molecule has 0 saturated heterocycles. The zero-order valence-corrected chi connectivity index (χ0v) is 15.1. The zero-order valence-electron chi connectivity index (χ0n) is 15.1. The molecule has 0 atom stereocenters. The molecular weight excluding hydrogens is 328 g/mol. The molecule has 26 heavy (non-hydrogen) atoms. The van der Waals surface area contributed by atoms with E-state index in [4.69, 9.17) is 18.6 Å². The highest BCUT2D eigenvalue weighted by Crippen LogP contribution is 2.36. The van der Waals surface area contributed by atoms with Gasteiger partial charge in [0.2, 0.25) is 0 Å². The van der Waals surface area contributed by atoms with Crippen LogP contribution in [0.25, 0.3) is 16.5 Å². The van der Waals surface area contributed by atoms with E-state index in [0.29, 0.717) is 12.4 Å². The Bertz CT molecular complexity index is 1040. The topological polar surface area (TPSA) is 40.8 Å². The highest BCUT2D eigenvalue weighted by molar-refractivity contribution is 5.84. The van der Waals surface area contributed by atoms with Gasteiger partial charge in [0.25, 0.3) is 0 Å². The number of aryl methyl sites for hydroxylation is 1. The van der Waals surface area contributed by atoms with Gasteiger partial charge < -0.3 is 18.6 Å². The lowest BCUT2D eigenvalue weighted by molar-refractivity contribution is 0.272. The molecule has 0 fully saturated rings. The van der Waals surface area contributed by atoms with Gasteiger partial charge in [0.05, 0.1) is 7.11 Å². The van der Waals surface area contributed by atoms with Crippen LogP contribution < -0.4 is 14.2 Å². The Hall–Kier alpha value is -3.14. The van der Waals surface area contributed by atoms with Crippen molar-refractivity contribution in [2.75, 3.05) is 7.11 Å². The Morgan fingerprint density at radius 2 is 1.92 bits per heavy atom. The molecule has 4 nitrogen and oxygen atoms in total. The zero-order chi connectivity index (χ0) is 18.3. The summed E-state index contributed by atoms with van der Waals surface area (Å²) >= 11 is 0. The molecule has 1 aliphatic rings. The summed E-state index contributed by atoms with van der Waals surface area (Å²) in [5, 5.41) is 1.01. The molecule has 2 heterocycles. The summed E-state index contributed by atoms with van der Waals surface area (Å²) in [7, 11) is 1.64. The first kappa shape index (κ1) is 16.3. The van der Waals surface area contributed by atoms with Crippen molar-refractivity contribution in [3.8, 4) is 17.2 Å². The lowest BCUT2D eigenvalue weighted by Crippen LogP contribution is -2.02. The smallest absolute Gasteiger partial charge is 0.176 e. The van der Waals surface area contributed by atoms with Gasteiger partial charge in [-0.1, -0.05) is 6.58 Å². The van der Waals surface area contributed by atoms with Crippen molar-refractivity contribution in [3.05, 3.63) is 71.7 Å². The predicted molar refractivity (Wildman–Crippen MR) is 102 cm³/mol. The van der Waals surface area contributed by atoms with Crippen LogP contribution >= 0.6 is 0 Å². The molecule has 0 unspecified atom stereocenters. The van der Waals surface area contributed by atoms with Crippen molar-refractivity contribution in [1.82, 2.24) is 0 Å². The monoisotopic (exact) mass is 348 g/mol. The Kier molecular flexibility index (Phi) is 3.96. The number of benzene rings is 2. The Morgan fingerprint density at radius 1 is 1.08 bits per heavy atom. The maximum atomic E-state index is 5.91. The molecular formula is C22H20O4. The van der Waals surface area contributed by atoms with Crippen LogP contribution in [0.4, 0.5) is 0 Å². The molecule has 0 radical (unpaired) electrons. The summed E-state index contributed by atoms with van der Waals surface area (Å²) in [5.41, 5.74) is 4.04. The van der Waals surface area contributed by atoms with Gasteiger partial charge in [-0.15, -0.1) is 0 Å². The van der Waals surface area contributed by atoms with Crippen LogP contribution in [0, 0.1) is 6.92 Å². The van der Waals surface area contributed by atoms with Gasteiger partial charge in [0, 0.05) is 17.0 Å². The molecule has 1 aromatic heterocycles. The molecule has 3 aromatic rings. The number of methoxy groups -OCH3 is 1. The van der Waals surface area contributed by atoms with Crippen molar-refractivity contribution < 1.29 is 18.6 Å². The Morgan fingerprint density at radius 3 is 2.73 bits per heavy atom. The van der Waals surface area contributed by atoms with Gasteiger partial charge in [0.1, 0.15) is 29.6 Å². The van der Waals surface area contributed by atoms with Gasteiger partial charge in [-0.05, 0) is 61.4 Å². The Labute approximate surface area is 152 Å². The number of allylic oxidation sites excluding steroid dienone is 2. The largest absolute Gasteiger partial charge is 0.493 e. The van der Waals surface area contributed by atoms with Gasteiger partial charge in [-0.3, -0.25) is 0 Å². The first-order valence-electron chi connectivity index (χ1n) is 8.43. The second-order valence-corrected chi connectivity index (χ2v) is 6.44. The van der Waals surface area contributed by atoms with Crippen LogP contribution in [0.5, 0.6) is 17.2 Å². The molecule has 1 aliphatic heterocycles. The number of fused-ring (bicyclic) bond motifs is 2. The van der Waals surface area contributed by atoms with Crippen molar-refractivity contribution >= 4 is 16.5 Å². The van der Waals surface area contributed by atoms with Crippen LogP contribution in [-0.2, 0) is 6.61 Å². The van der Waals surface area contributed by atoms with Crippen LogP contribution in [0.1, 0.15) is 23.8 Å². The van der Waals surface area contributed by atoms with E-state index >= 15 is 0 Å². The third-order valence-corrected chi connectivity index (χ3v) is 4.38. The Balaban J connectivity index is 1.56. The number of rotatable bonds is 4. The van der Waals surface area contributed by atoms with Crippen LogP contribution in [0.15, 0.2) is 59.2 Å². The second-order valence-electron chi connectivity index (χ2n) is 6.44. The summed E-state index contributed by atoms with van der Waals surface area (Å²) in [6.07, 6.45) is 1.92. The van der Waals surface area contributed by atoms with Crippen molar-refractivity contribution in [2.24, 2.45) is 0 Å². The summed E-state index contributed by atoms with van der Waals surface area (Å²) in [6.45, 7) is 8.26. The van der Waals surface area contributed by atoms with Gasteiger partial charge in [-0.2, -0.15) is 0 Å². The summed E-state index contributed by atoms with van der Waals surface area (Å²) < 4.78 is 22.9. The SMILES string of the molecule is C=C1C=C(C)c2ccc(OCc3cc4cc(C)cc(OC)c4o3)cc2O1. The maximum absolute atomic E-state index is 5.91. The summed E-state index contributed by atoms with van der Waals surface area (Å²) in [5.74, 6) is 3.58. The van der Waals surface area contributed by atoms with E-state index in [1.807, 2.05) is 50.3 Å². The third kappa shape index (κ3) is 2.94. The van der Waals surface area contributed by atoms with Crippen molar-refractivity contribution in [2.45, 2.75) is 20.5 Å². The minimum atomic E-state index is 0.325. The van der Waals surface area contributed by atoms with E-state index < -0.39 is 0 Å². The van der Waals surface area contributed by atoms with E-state index in [1.54, 1.807) is 7.11 Å². The number of furan rings is 1. The van der Waals surface area contributed by atoms with Crippen LogP contribution in [-0.4, -0.2) is 7.11 Å². The molecule has 4 rings (SSSR count). The number of hydrogen-bond donors (Lipinski definition) is 0.